The van der Waals surface area contributed by atoms with Gasteiger partial charge < -0.3 is 0 Å². The molecule has 0 unspecified atom stereocenters. The summed E-state index contributed by atoms with van der Waals surface area (Å²) in [6.07, 6.45) is 13.7. The fourth-order valence-electron chi connectivity index (χ4n) is 1.58. The molecule has 0 aromatic carbocycles. The zero-order chi connectivity index (χ0) is 10.5. The summed E-state index contributed by atoms with van der Waals surface area (Å²) in [7, 11) is 1.67. The molecule has 0 N–H and O–H groups in total. The first-order chi connectivity index (χ1) is 6.91. The predicted molar refractivity (Wildman–Crippen MR) is 73.0 cm³/mol. The Hall–Kier alpha value is 0.700. The normalized spacial score (nSPS) is 10.7. The van der Waals surface area contributed by atoms with Gasteiger partial charge in [-0.3, -0.25) is 0 Å². The summed E-state index contributed by atoms with van der Waals surface area (Å²) in [5.74, 6) is 1.21. The quantitative estimate of drug-likeness (QED) is 0.287. The van der Waals surface area contributed by atoms with Gasteiger partial charge in [0.05, 0.1) is 0 Å². The zero-order valence-electron chi connectivity index (χ0n) is 9.34. The first-order valence-corrected chi connectivity index (χ1v) is 8.01. The van der Waals surface area contributed by atoms with Crippen LogP contribution < -0.4 is 0 Å². The van der Waals surface area contributed by atoms with Crippen molar-refractivity contribution in [1.29, 1.82) is 0 Å². The molecule has 0 spiro atoms. The van der Waals surface area contributed by atoms with Crippen molar-refractivity contribution in [3.8, 4) is 0 Å². The van der Waals surface area contributed by atoms with Gasteiger partial charge in [0.2, 0.25) is 0 Å². The summed E-state index contributed by atoms with van der Waals surface area (Å²) in [4.78, 5) is 0. The molecule has 0 rings (SSSR count). The Kier molecular flexibility index (Phi) is 14.4. The molecule has 1 radical (unpaired) electrons. The Balaban J connectivity index is 2.78. The molecule has 85 valence electrons. The van der Waals surface area contributed by atoms with Crippen LogP contribution in [0, 0.1) is 6.92 Å². The van der Waals surface area contributed by atoms with E-state index in [1.54, 1.807) is 10.8 Å². The monoisotopic (exact) mass is 233 g/mol. The van der Waals surface area contributed by atoms with Crippen LogP contribution in [-0.2, 0) is 0 Å². The van der Waals surface area contributed by atoms with Gasteiger partial charge in [0.1, 0.15) is 0 Å². The maximum absolute atomic E-state index is 4.12. The molecule has 0 aliphatic rings. The molecular weight excluding hydrogens is 208 g/mol. The van der Waals surface area contributed by atoms with Gasteiger partial charge in [-0.25, -0.2) is 0 Å². The lowest BCUT2D eigenvalue weighted by Crippen LogP contribution is -1.82. The second-order valence-corrected chi connectivity index (χ2v) is 5.31. The fraction of sp³-hybridized carbons (Fsp3) is 0.917. The Bertz CT molecular complexity index is 82.3. The SMILES string of the molecule is [CH2]CCCCCCCCCCCSS. The third-order valence-electron chi connectivity index (χ3n) is 2.49. The van der Waals surface area contributed by atoms with Crippen molar-refractivity contribution in [2.75, 3.05) is 5.75 Å². The van der Waals surface area contributed by atoms with Gasteiger partial charge in [0.15, 0.2) is 0 Å². The maximum atomic E-state index is 4.12. The molecule has 0 aromatic heterocycles. The van der Waals surface area contributed by atoms with Crippen molar-refractivity contribution in [1.82, 2.24) is 0 Å². The highest BCUT2D eigenvalue weighted by Gasteiger charge is 1.91. The highest BCUT2D eigenvalue weighted by Crippen LogP contribution is 2.13. The predicted octanol–water partition coefficient (Wildman–Crippen LogP) is 5.30. The first kappa shape index (κ1) is 14.7. The summed E-state index contributed by atoms with van der Waals surface area (Å²) in [6, 6.07) is 0. The molecule has 0 saturated heterocycles. The van der Waals surface area contributed by atoms with Gasteiger partial charge in [-0.05, 0) is 6.42 Å². The minimum Gasteiger partial charge on any atom is -0.111 e. The van der Waals surface area contributed by atoms with Crippen molar-refractivity contribution in [3.63, 3.8) is 0 Å². The summed E-state index contributed by atoms with van der Waals surface area (Å²) in [5, 5.41) is 0. The zero-order valence-corrected chi connectivity index (χ0v) is 11.1. The molecule has 0 nitrogen and oxygen atoms in total. The van der Waals surface area contributed by atoms with Crippen molar-refractivity contribution in [2.45, 2.75) is 64.2 Å². The van der Waals surface area contributed by atoms with E-state index in [0.717, 1.165) is 6.42 Å². The summed E-state index contributed by atoms with van der Waals surface area (Å²) in [5.41, 5.74) is 0. The summed E-state index contributed by atoms with van der Waals surface area (Å²) >= 11 is 4.12. The minimum atomic E-state index is 1.11. The van der Waals surface area contributed by atoms with Gasteiger partial charge in [-0.15, -0.1) is 11.7 Å². The third kappa shape index (κ3) is 12.7. The standard InChI is InChI=1S/C12H25S2/c1-2-3-4-5-6-7-8-9-10-11-12-14-13/h13H,1-12H2. The van der Waals surface area contributed by atoms with E-state index in [4.69, 9.17) is 0 Å². The van der Waals surface area contributed by atoms with E-state index in [-0.39, 0.29) is 0 Å². The Morgan fingerprint density at radius 3 is 1.57 bits per heavy atom. The molecule has 0 bridgehead atoms. The van der Waals surface area contributed by atoms with Gasteiger partial charge >= 0.3 is 0 Å². The van der Waals surface area contributed by atoms with E-state index in [2.05, 4.69) is 18.6 Å². The molecule has 0 amide bonds. The van der Waals surface area contributed by atoms with E-state index < -0.39 is 0 Å². The van der Waals surface area contributed by atoms with Crippen molar-refractivity contribution >= 4 is 22.5 Å². The number of hydrogen-bond acceptors (Lipinski definition) is 2. The second-order valence-electron chi connectivity index (χ2n) is 3.87. The van der Waals surface area contributed by atoms with Crippen LogP contribution in [0.3, 0.4) is 0 Å². The number of thiol groups is 1. The summed E-state index contributed by atoms with van der Waals surface area (Å²) < 4.78 is 0. The summed E-state index contributed by atoms with van der Waals surface area (Å²) in [6.45, 7) is 3.85. The molecule has 0 saturated carbocycles. The molecule has 0 aliphatic heterocycles. The van der Waals surface area contributed by atoms with Gasteiger partial charge in [0, 0.05) is 5.75 Å². The lowest BCUT2D eigenvalue weighted by atomic mass is 10.1. The molecule has 0 fully saturated rings. The van der Waals surface area contributed by atoms with Crippen LogP contribution in [0.1, 0.15) is 64.2 Å². The fourth-order valence-corrected chi connectivity index (χ4v) is 2.30. The first-order valence-electron chi connectivity index (χ1n) is 5.97. The van der Waals surface area contributed by atoms with Crippen molar-refractivity contribution in [3.05, 3.63) is 6.92 Å². The number of unbranched alkanes of at least 4 members (excludes halogenated alkanes) is 9. The van der Waals surface area contributed by atoms with Crippen LogP contribution in [-0.4, -0.2) is 5.75 Å². The van der Waals surface area contributed by atoms with E-state index >= 15 is 0 Å². The average Bonchev–Trinajstić information content (AvgIpc) is 2.21. The van der Waals surface area contributed by atoms with Gasteiger partial charge in [-0.2, -0.15) is 0 Å². The largest absolute Gasteiger partial charge is 0.111 e. The smallest absolute Gasteiger partial charge is 0.00345 e. The second kappa shape index (κ2) is 13.7. The number of rotatable bonds is 11. The molecule has 0 atom stereocenters. The van der Waals surface area contributed by atoms with Gasteiger partial charge in [0.25, 0.3) is 0 Å². The molecule has 0 heterocycles. The minimum absolute atomic E-state index is 1.11. The Morgan fingerprint density at radius 1 is 0.714 bits per heavy atom. The van der Waals surface area contributed by atoms with Crippen molar-refractivity contribution < 1.29 is 0 Å². The van der Waals surface area contributed by atoms with Crippen LogP contribution in [0.2, 0.25) is 0 Å². The lowest BCUT2D eigenvalue weighted by molar-refractivity contribution is 0.567. The lowest BCUT2D eigenvalue weighted by Gasteiger charge is -2.01. The Morgan fingerprint density at radius 2 is 1.14 bits per heavy atom. The van der Waals surface area contributed by atoms with E-state index in [1.807, 2.05) is 0 Å². The molecule has 0 aromatic rings. The Labute approximate surface area is 99.4 Å². The van der Waals surface area contributed by atoms with E-state index in [9.17, 15) is 0 Å². The van der Waals surface area contributed by atoms with E-state index in [0.29, 0.717) is 0 Å². The molecule has 14 heavy (non-hydrogen) atoms. The highest BCUT2D eigenvalue weighted by molar-refractivity contribution is 8.68. The molecule has 2 heteroatoms. The average molecular weight is 233 g/mol. The van der Waals surface area contributed by atoms with Crippen LogP contribution in [0.4, 0.5) is 0 Å². The molecular formula is C12H25S2. The van der Waals surface area contributed by atoms with Crippen molar-refractivity contribution in [2.24, 2.45) is 0 Å². The highest BCUT2D eigenvalue weighted by atomic mass is 33.1. The maximum Gasteiger partial charge on any atom is 0.00345 e. The van der Waals surface area contributed by atoms with Crippen LogP contribution in [0.15, 0.2) is 0 Å². The van der Waals surface area contributed by atoms with E-state index in [1.165, 1.54) is 63.5 Å². The molecule has 0 aliphatic carbocycles. The van der Waals surface area contributed by atoms with Gasteiger partial charge in [-0.1, -0.05) is 75.5 Å². The van der Waals surface area contributed by atoms with Crippen LogP contribution >= 0.6 is 22.5 Å². The number of hydrogen-bond donors (Lipinski definition) is 1. The van der Waals surface area contributed by atoms with Crippen LogP contribution in [0.25, 0.3) is 0 Å². The third-order valence-corrected chi connectivity index (χ3v) is 3.50. The topological polar surface area (TPSA) is 0 Å². The van der Waals surface area contributed by atoms with Crippen LogP contribution in [0.5, 0.6) is 0 Å².